The first-order chi connectivity index (χ1) is 9.20. The molecule has 0 unspecified atom stereocenters. The van der Waals surface area contributed by atoms with E-state index in [4.69, 9.17) is 4.74 Å². The molecule has 0 radical (unpaired) electrons. The third kappa shape index (κ3) is 3.78. The predicted molar refractivity (Wildman–Crippen MR) is 78.6 cm³/mol. The lowest BCUT2D eigenvalue weighted by Crippen LogP contribution is -2.04. The van der Waals surface area contributed by atoms with Gasteiger partial charge in [-0.1, -0.05) is 24.3 Å². The van der Waals surface area contributed by atoms with Gasteiger partial charge in [-0.15, -0.1) is 0 Å². The van der Waals surface area contributed by atoms with Crippen LogP contribution in [0.4, 0.5) is 10.1 Å². The number of ether oxygens (including phenoxy) is 1. The van der Waals surface area contributed by atoms with Crippen LogP contribution in [-0.2, 0) is 17.9 Å². The first-order valence-electron chi connectivity index (χ1n) is 5.95. The van der Waals surface area contributed by atoms with Crippen molar-refractivity contribution >= 4 is 21.6 Å². The van der Waals surface area contributed by atoms with Crippen molar-refractivity contribution in [3.63, 3.8) is 0 Å². The van der Waals surface area contributed by atoms with Crippen LogP contribution in [0.15, 0.2) is 46.9 Å². The number of hydrogen-bond donors (Lipinski definition) is 1. The summed E-state index contributed by atoms with van der Waals surface area (Å²) in [7, 11) is 1.68. The van der Waals surface area contributed by atoms with Crippen LogP contribution < -0.4 is 5.32 Å². The Morgan fingerprint density at radius 1 is 1.16 bits per heavy atom. The molecule has 19 heavy (non-hydrogen) atoms. The van der Waals surface area contributed by atoms with E-state index in [0.29, 0.717) is 13.2 Å². The fourth-order valence-electron chi connectivity index (χ4n) is 1.85. The smallest absolute Gasteiger partial charge is 0.124 e. The Kier molecular flexibility index (Phi) is 4.93. The summed E-state index contributed by atoms with van der Waals surface area (Å²) in [4.78, 5) is 0. The lowest BCUT2D eigenvalue weighted by Gasteiger charge is -2.12. The van der Waals surface area contributed by atoms with E-state index in [1.165, 1.54) is 17.7 Å². The van der Waals surface area contributed by atoms with Crippen molar-refractivity contribution in [3.05, 3.63) is 63.9 Å². The fraction of sp³-hybridized carbons (Fsp3) is 0.200. The maximum absolute atomic E-state index is 13.0. The second kappa shape index (κ2) is 6.68. The molecule has 0 aliphatic heterocycles. The summed E-state index contributed by atoms with van der Waals surface area (Å²) in [6, 6.07) is 12.7. The highest BCUT2D eigenvalue weighted by Crippen LogP contribution is 2.24. The Morgan fingerprint density at radius 3 is 2.58 bits per heavy atom. The second-order valence-corrected chi connectivity index (χ2v) is 5.03. The summed E-state index contributed by atoms with van der Waals surface area (Å²) in [6.45, 7) is 1.26. The molecule has 0 fully saturated rings. The van der Waals surface area contributed by atoms with E-state index < -0.39 is 0 Å². The van der Waals surface area contributed by atoms with Crippen molar-refractivity contribution in [3.8, 4) is 0 Å². The van der Waals surface area contributed by atoms with E-state index >= 15 is 0 Å². The summed E-state index contributed by atoms with van der Waals surface area (Å²) in [5.41, 5.74) is 3.19. The summed E-state index contributed by atoms with van der Waals surface area (Å²) < 4.78 is 18.9. The molecule has 0 heterocycles. The van der Waals surface area contributed by atoms with Gasteiger partial charge in [0.1, 0.15) is 5.82 Å². The topological polar surface area (TPSA) is 21.3 Å². The molecule has 0 atom stereocenters. The Morgan fingerprint density at radius 2 is 1.89 bits per heavy atom. The standard InChI is InChI=1S/C15H15BrFNO/c1-19-10-12-5-3-2-4-11(12)9-18-15-7-6-13(17)8-14(15)16/h2-8,18H,9-10H2,1H3. The largest absolute Gasteiger partial charge is 0.380 e. The van der Waals surface area contributed by atoms with Crippen LogP contribution in [-0.4, -0.2) is 7.11 Å². The van der Waals surface area contributed by atoms with Gasteiger partial charge in [-0.25, -0.2) is 4.39 Å². The molecule has 0 aromatic heterocycles. The molecule has 0 spiro atoms. The molecule has 0 saturated heterocycles. The predicted octanol–water partition coefficient (Wildman–Crippen LogP) is 4.35. The molecular formula is C15H15BrFNO. The molecule has 0 aliphatic rings. The number of anilines is 1. The van der Waals surface area contributed by atoms with E-state index in [1.807, 2.05) is 18.2 Å². The third-order valence-corrected chi connectivity index (χ3v) is 3.47. The van der Waals surface area contributed by atoms with Crippen LogP contribution in [0.5, 0.6) is 0 Å². The van der Waals surface area contributed by atoms with Crippen molar-refractivity contribution in [1.29, 1.82) is 0 Å². The number of hydrogen-bond acceptors (Lipinski definition) is 2. The van der Waals surface area contributed by atoms with Crippen LogP contribution in [0, 0.1) is 5.82 Å². The molecule has 2 rings (SSSR count). The number of benzene rings is 2. The Labute approximate surface area is 120 Å². The Balaban J connectivity index is 2.10. The van der Waals surface area contributed by atoms with Gasteiger partial charge in [0.2, 0.25) is 0 Å². The number of halogens is 2. The minimum absolute atomic E-state index is 0.253. The molecule has 2 nitrogen and oxygen atoms in total. The van der Waals surface area contributed by atoms with Gasteiger partial charge < -0.3 is 10.1 Å². The van der Waals surface area contributed by atoms with Crippen LogP contribution in [0.1, 0.15) is 11.1 Å². The van der Waals surface area contributed by atoms with E-state index in [1.54, 1.807) is 13.2 Å². The highest BCUT2D eigenvalue weighted by molar-refractivity contribution is 9.10. The first kappa shape index (κ1) is 14.0. The number of nitrogens with one attached hydrogen (secondary N) is 1. The van der Waals surface area contributed by atoms with Gasteiger partial charge in [-0.05, 0) is 45.3 Å². The maximum atomic E-state index is 13.0. The van der Waals surface area contributed by atoms with Crippen molar-refractivity contribution in [2.45, 2.75) is 13.2 Å². The van der Waals surface area contributed by atoms with Gasteiger partial charge in [0.25, 0.3) is 0 Å². The monoisotopic (exact) mass is 323 g/mol. The van der Waals surface area contributed by atoms with E-state index in [2.05, 4.69) is 27.3 Å². The Bertz CT molecular complexity index is 560. The number of methoxy groups -OCH3 is 1. The molecule has 1 N–H and O–H groups in total. The fourth-order valence-corrected chi connectivity index (χ4v) is 2.34. The zero-order valence-corrected chi connectivity index (χ0v) is 12.2. The molecule has 2 aromatic rings. The van der Waals surface area contributed by atoms with Crippen LogP contribution in [0.2, 0.25) is 0 Å². The lowest BCUT2D eigenvalue weighted by molar-refractivity contribution is 0.184. The molecule has 0 saturated carbocycles. The third-order valence-electron chi connectivity index (χ3n) is 2.82. The van der Waals surface area contributed by atoms with Crippen LogP contribution in [0.25, 0.3) is 0 Å². The van der Waals surface area contributed by atoms with E-state index in [-0.39, 0.29) is 5.82 Å². The van der Waals surface area contributed by atoms with Gasteiger partial charge in [-0.2, -0.15) is 0 Å². The molecule has 0 bridgehead atoms. The molecule has 4 heteroatoms. The van der Waals surface area contributed by atoms with Gasteiger partial charge in [-0.3, -0.25) is 0 Å². The first-order valence-corrected chi connectivity index (χ1v) is 6.74. The van der Waals surface area contributed by atoms with E-state index in [0.717, 1.165) is 15.7 Å². The minimum atomic E-state index is -0.253. The van der Waals surface area contributed by atoms with Gasteiger partial charge in [0, 0.05) is 23.8 Å². The van der Waals surface area contributed by atoms with Gasteiger partial charge in [0.15, 0.2) is 0 Å². The number of rotatable bonds is 5. The normalized spacial score (nSPS) is 10.5. The zero-order chi connectivity index (χ0) is 13.7. The molecule has 2 aromatic carbocycles. The summed E-state index contributed by atoms with van der Waals surface area (Å²) >= 11 is 3.34. The van der Waals surface area contributed by atoms with Crippen LogP contribution in [0.3, 0.4) is 0 Å². The van der Waals surface area contributed by atoms with Gasteiger partial charge >= 0.3 is 0 Å². The lowest BCUT2D eigenvalue weighted by atomic mass is 10.1. The van der Waals surface area contributed by atoms with Crippen molar-refractivity contribution in [2.24, 2.45) is 0 Å². The van der Waals surface area contributed by atoms with Crippen molar-refractivity contribution < 1.29 is 9.13 Å². The average Bonchev–Trinajstić information content (AvgIpc) is 2.40. The molecule has 0 amide bonds. The molecule has 100 valence electrons. The average molecular weight is 324 g/mol. The van der Waals surface area contributed by atoms with Crippen LogP contribution >= 0.6 is 15.9 Å². The van der Waals surface area contributed by atoms with E-state index in [9.17, 15) is 4.39 Å². The van der Waals surface area contributed by atoms with Crippen molar-refractivity contribution in [2.75, 3.05) is 12.4 Å². The summed E-state index contributed by atoms with van der Waals surface area (Å²) in [5, 5.41) is 3.29. The highest BCUT2D eigenvalue weighted by atomic mass is 79.9. The minimum Gasteiger partial charge on any atom is -0.380 e. The SMILES string of the molecule is COCc1ccccc1CNc1ccc(F)cc1Br. The quantitative estimate of drug-likeness (QED) is 0.883. The zero-order valence-electron chi connectivity index (χ0n) is 10.6. The summed E-state index contributed by atoms with van der Waals surface area (Å²) in [6.07, 6.45) is 0. The molecule has 0 aliphatic carbocycles. The van der Waals surface area contributed by atoms with Crippen molar-refractivity contribution in [1.82, 2.24) is 0 Å². The second-order valence-electron chi connectivity index (χ2n) is 4.18. The summed E-state index contributed by atoms with van der Waals surface area (Å²) in [5.74, 6) is -0.253. The maximum Gasteiger partial charge on any atom is 0.124 e. The highest BCUT2D eigenvalue weighted by Gasteiger charge is 2.04. The van der Waals surface area contributed by atoms with Gasteiger partial charge in [0.05, 0.1) is 6.61 Å². The Hall–Kier alpha value is -1.39. The molecular weight excluding hydrogens is 309 g/mol.